The number of hydrogen-bond donors (Lipinski definition) is 2. The van der Waals surface area contributed by atoms with Crippen molar-refractivity contribution >= 4 is 27.5 Å². The molecule has 154 valence electrons. The van der Waals surface area contributed by atoms with Gasteiger partial charge in [-0.2, -0.15) is 4.31 Å². The highest BCUT2D eigenvalue weighted by molar-refractivity contribution is 7.89. The van der Waals surface area contributed by atoms with Crippen LogP contribution in [0.3, 0.4) is 0 Å². The zero-order chi connectivity index (χ0) is 20.7. The van der Waals surface area contributed by atoms with Crippen molar-refractivity contribution in [1.29, 1.82) is 0 Å². The standard InChI is InChI=1S/C20H29N3O4S/c1-13(2)21-19(25)14-6-5-9-23(12-14)28(26,27)15-7-8-17-16(10-15)20(3,4)11-18(24)22-17/h7-8,10,13-14H,5-6,9,11-12H2,1-4H3,(H,21,25)(H,22,24). The van der Waals surface area contributed by atoms with Crippen molar-refractivity contribution in [3.05, 3.63) is 23.8 Å². The van der Waals surface area contributed by atoms with E-state index in [-0.39, 0.29) is 35.2 Å². The van der Waals surface area contributed by atoms with E-state index in [1.807, 2.05) is 27.7 Å². The maximum absolute atomic E-state index is 13.2. The van der Waals surface area contributed by atoms with Gasteiger partial charge in [0.25, 0.3) is 0 Å². The molecular weight excluding hydrogens is 378 g/mol. The van der Waals surface area contributed by atoms with Gasteiger partial charge >= 0.3 is 0 Å². The molecule has 1 saturated heterocycles. The summed E-state index contributed by atoms with van der Waals surface area (Å²) in [4.78, 5) is 24.4. The van der Waals surface area contributed by atoms with Gasteiger partial charge in [0.15, 0.2) is 0 Å². The number of rotatable bonds is 4. The van der Waals surface area contributed by atoms with E-state index in [4.69, 9.17) is 0 Å². The van der Waals surface area contributed by atoms with Crippen LogP contribution in [0, 0.1) is 5.92 Å². The average Bonchev–Trinajstić information content (AvgIpc) is 2.60. The minimum Gasteiger partial charge on any atom is -0.354 e. The Bertz CT molecular complexity index is 893. The zero-order valence-corrected chi connectivity index (χ0v) is 17.7. The number of fused-ring (bicyclic) bond motifs is 1. The first-order valence-corrected chi connectivity index (χ1v) is 11.2. The molecule has 2 aliphatic heterocycles. The Kier molecular flexibility index (Phi) is 5.55. The van der Waals surface area contributed by atoms with Gasteiger partial charge in [-0.1, -0.05) is 13.8 Å². The van der Waals surface area contributed by atoms with Gasteiger partial charge in [0.2, 0.25) is 21.8 Å². The second kappa shape index (κ2) is 7.48. The number of anilines is 1. The highest BCUT2D eigenvalue weighted by atomic mass is 32.2. The van der Waals surface area contributed by atoms with Crippen molar-refractivity contribution in [3.63, 3.8) is 0 Å². The van der Waals surface area contributed by atoms with Gasteiger partial charge in [0.1, 0.15) is 0 Å². The van der Waals surface area contributed by atoms with Crippen LogP contribution in [-0.4, -0.2) is 43.7 Å². The van der Waals surface area contributed by atoms with E-state index in [2.05, 4.69) is 10.6 Å². The molecular formula is C20H29N3O4S. The molecule has 3 rings (SSSR count). The lowest BCUT2D eigenvalue weighted by Gasteiger charge is -2.34. The van der Waals surface area contributed by atoms with Crippen LogP contribution in [0.15, 0.2) is 23.1 Å². The van der Waals surface area contributed by atoms with Crippen molar-refractivity contribution < 1.29 is 18.0 Å². The summed E-state index contributed by atoms with van der Waals surface area (Å²) in [6.45, 7) is 8.26. The molecule has 2 heterocycles. The second-order valence-electron chi connectivity index (χ2n) is 8.68. The highest BCUT2D eigenvalue weighted by Gasteiger charge is 2.36. The molecule has 1 aromatic rings. The maximum Gasteiger partial charge on any atom is 0.243 e. The van der Waals surface area contributed by atoms with Crippen LogP contribution < -0.4 is 10.6 Å². The SMILES string of the molecule is CC(C)NC(=O)C1CCCN(S(=O)(=O)c2ccc3c(c2)C(C)(C)CC(=O)N3)C1. The molecule has 2 aliphatic rings. The molecule has 1 fully saturated rings. The Morgan fingerprint density at radius 2 is 2.04 bits per heavy atom. The Hall–Kier alpha value is -1.93. The molecule has 1 aromatic carbocycles. The fourth-order valence-electron chi connectivity index (χ4n) is 3.97. The number of amides is 2. The third-order valence-corrected chi connectivity index (χ3v) is 7.28. The first-order chi connectivity index (χ1) is 13.0. The molecule has 1 unspecified atom stereocenters. The van der Waals surface area contributed by atoms with Crippen molar-refractivity contribution in [2.75, 3.05) is 18.4 Å². The number of carbonyl (C=O) groups excluding carboxylic acids is 2. The Labute approximate surface area is 166 Å². The lowest BCUT2D eigenvalue weighted by Crippen LogP contribution is -2.46. The number of sulfonamides is 1. The normalized spacial score (nSPS) is 22.5. The third kappa shape index (κ3) is 4.07. The van der Waals surface area contributed by atoms with Gasteiger partial charge in [-0.05, 0) is 50.5 Å². The van der Waals surface area contributed by atoms with Crippen LogP contribution in [-0.2, 0) is 25.0 Å². The van der Waals surface area contributed by atoms with Crippen molar-refractivity contribution in [1.82, 2.24) is 9.62 Å². The van der Waals surface area contributed by atoms with E-state index in [1.165, 1.54) is 10.4 Å². The first kappa shape index (κ1) is 20.8. The van der Waals surface area contributed by atoms with Crippen molar-refractivity contribution in [3.8, 4) is 0 Å². The summed E-state index contributed by atoms with van der Waals surface area (Å²) in [5.74, 6) is -0.494. The van der Waals surface area contributed by atoms with Crippen LogP contribution >= 0.6 is 0 Å². The molecule has 0 radical (unpaired) electrons. The first-order valence-electron chi connectivity index (χ1n) is 9.75. The maximum atomic E-state index is 13.2. The van der Waals surface area contributed by atoms with E-state index in [0.717, 1.165) is 5.56 Å². The fraction of sp³-hybridized carbons (Fsp3) is 0.600. The minimum atomic E-state index is -3.71. The molecule has 0 aliphatic carbocycles. The summed E-state index contributed by atoms with van der Waals surface area (Å²) < 4.78 is 27.9. The lowest BCUT2D eigenvalue weighted by molar-refractivity contribution is -0.126. The summed E-state index contributed by atoms with van der Waals surface area (Å²) in [6, 6.07) is 4.89. The number of piperidine rings is 1. The predicted octanol–water partition coefficient (Wildman–Crippen LogP) is 2.23. The second-order valence-corrected chi connectivity index (χ2v) is 10.6. The molecule has 0 bridgehead atoms. The van der Waals surface area contributed by atoms with Crippen LogP contribution in [0.25, 0.3) is 0 Å². The molecule has 1 atom stereocenters. The highest BCUT2D eigenvalue weighted by Crippen LogP contribution is 2.39. The fourth-order valence-corrected chi connectivity index (χ4v) is 5.52. The van der Waals surface area contributed by atoms with Crippen LogP contribution in [0.4, 0.5) is 5.69 Å². The van der Waals surface area contributed by atoms with E-state index in [0.29, 0.717) is 31.5 Å². The lowest BCUT2D eigenvalue weighted by atomic mass is 9.78. The quantitative estimate of drug-likeness (QED) is 0.800. The van der Waals surface area contributed by atoms with Crippen LogP contribution in [0.2, 0.25) is 0 Å². The number of nitrogens with one attached hydrogen (secondary N) is 2. The number of hydrogen-bond acceptors (Lipinski definition) is 4. The average molecular weight is 408 g/mol. The zero-order valence-electron chi connectivity index (χ0n) is 16.9. The van der Waals surface area contributed by atoms with Gasteiger partial charge < -0.3 is 10.6 Å². The number of benzene rings is 1. The molecule has 28 heavy (non-hydrogen) atoms. The smallest absolute Gasteiger partial charge is 0.243 e. The minimum absolute atomic E-state index is 0.0255. The summed E-state index contributed by atoms with van der Waals surface area (Å²) in [7, 11) is -3.71. The van der Waals surface area contributed by atoms with Crippen molar-refractivity contribution in [2.24, 2.45) is 5.92 Å². The van der Waals surface area contributed by atoms with Gasteiger partial charge in [0, 0.05) is 36.7 Å². The van der Waals surface area contributed by atoms with Crippen LogP contribution in [0.1, 0.15) is 52.5 Å². The molecule has 2 amide bonds. The molecule has 0 saturated carbocycles. The molecule has 0 spiro atoms. The van der Waals surface area contributed by atoms with E-state index in [1.54, 1.807) is 12.1 Å². The predicted molar refractivity (Wildman–Crippen MR) is 107 cm³/mol. The Morgan fingerprint density at radius 3 is 2.71 bits per heavy atom. The molecule has 2 N–H and O–H groups in total. The molecule has 0 aromatic heterocycles. The third-order valence-electron chi connectivity index (χ3n) is 5.42. The largest absolute Gasteiger partial charge is 0.354 e. The number of nitrogens with zero attached hydrogens (tertiary/aromatic N) is 1. The summed E-state index contributed by atoms with van der Waals surface area (Å²) >= 11 is 0. The van der Waals surface area contributed by atoms with E-state index in [9.17, 15) is 18.0 Å². The van der Waals surface area contributed by atoms with Gasteiger partial charge in [0.05, 0.1) is 10.8 Å². The van der Waals surface area contributed by atoms with Crippen LogP contribution in [0.5, 0.6) is 0 Å². The van der Waals surface area contributed by atoms with E-state index >= 15 is 0 Å². The Balaban J connectivity index is 1.87. The van der Waals surface area contributed by atoms with Gasteiger partial charge in [-0.25, -0.2) is 8.42 Å². The topological polar surface area (TPSA) is 95.6 Å². The summed E-state index contributed by atoms with van der Waals surface area (Å²) in [5, 5.41) is 5.69. The Morgan fingerprint density at radius 1 is 1.32 bits per heavy atom. The monoisotopic (exact) mass is 407 g/mol. The van der Waals surface area contributed by atoms with Gasteiger partial charge in [-0.15, -0.1) is 0 Å². The number of carbonyl (C=O) groups is 2. The summed E-state index contributed by atoms with van der Waals surface area (Å²) in [6.07, 6.45) is 1.65. The van der Waals surface area contributed by atoms with Gasteiger partial charge in [-0.3, -0.25) is 9.59 Å². The molecule has 8 heteroatoms. The van der Waals surface area contributed by atoms with E-state index < -0.39 is 15.4 Å². The van der Waals surface area contributed by atoms with Crippen molar-refractivity contribution in [2.45, 2.75) is 63.3 Å². The molecule has 7 nitrogen and oxygen atoms in total. The summed E-state index contributed by atoms with van der Waals surface area (Å²) in [5.41, 5.74) is 1.04.